The van der Waals surface area contributed by atoms with Crippen molar-refractivity contribution < 1.29 is 12.8 Å². The van der Waals surface area contributed by atoms with E-state index in [4.69, 9.17) is 4.42 Å². The van der Waals surface area contributed by atoms with Crippen LogP contribution in [0.4, 0.5) is 17.4 Å². The van der Waals surface area contributed by atoms with Gasteiger partial charge in [0.2, 0.25) is 10.0 Å². The third-order valence-corrected chi connectivity index (χ3v) is 4.32. The van der Waals surface area contributed by atoms with Crippen molar-refractivity contribution in [3.63, 3.8) is 0 Å². The SMILES string of the molecule is CS(=O)(=O)Nc1cccc(Nc2ncc(-c3ccc4cncnc4c3)o2)c1. The summed E-state index contributed by atoms with van der Waals surface area (Å²) < 4.78 is 30.9. The number of hydrogen-bond acceptors (Lipinski definition) is 7. The van der Waals surface area contributed by atoms with Gasteiger partial charge in [0, 0.05) is 22.8 Å². The number of nitrogens with one attached hydrogen (secondary N) is 2. The lowest BCUT2D eigenvalue weighted by Gasteiger charge is -2.06. The predicted molar refractivity (Wildman–Crippen MR) is 103 cm³/mol. The zero-order chi connectivity index (χ0) is 18.9. The van der Waals surface area contributed by atoms with E-state index >= 15 is 0 Å². The Balaban J connectivity index is 1.56. The number of benzene rings is 2. The molecule has 0 unspecified atom stereocenters. The largest absolute Gasteiger partial charge is 0.423 e. The van der Waals surface area contributed by atoms with Crippen molar-refractivity contribution in [2.45, 2.75) is 0 Å². The van der Waals surface area contributed by atoms with Gasteiger partial charge in [0.25, 0.3) is 6.01 Å². The molecule has 0 aliphatic carbocycles. The number of rotatable bonds is 5. The normalized spacial score (nSPS) is 11.4. The topological polar surface area (TPSA) is 110 Å². The fourth-order valence-electron chi connectivity index (χ4n) is 2.59. The zero-order valence-corrected chi connectivity index (χ0v) is 15.1. The fourth-order valence-corrected chi connectivity index (χ4v) is 3.15. The smallest absolute Gasteiger partial charge is 0.299 e. The number of fused-ring (bicyclic) bond motifs is 1. The number of aromatic nitrogens is 3. The molecular weight excluding hydrogens is 366 g/mol. The zero-order valence-electron chi connectivity index (χ0n) is 14.2. The fraction of sp³-hybridized carbons (Fsp3) is 0.0556. The highest BCUT2D eigenvalue weighted by Crippen LogP contribution is 2.27. The van der Waals surface area contributed by atoms with Gasteiger partial charge in [0.05, 0.1) is 23.7 Å². The molecule has 9 heteroatoms. The monoisotopic (exact) mass is 381 g/mol. The maximum Gasteiger partial charge on any atom is 0.299 e. The highest BCUT2D eigenvalue weighted by atomic mass is 32.2. The van der Waals surface area contributed by atoms with Crippen LogP contribution in [0, 0.1) is 0 Å². The first-order valence-electron chi connectivity index (χ1n) is 7.97. The second kappa shape index (κ2) is 6.69. The molecule has 0 atom stereocenters. The molecule has 0 saturated carbocycles. The molecule has 0 aliphatic heterocycles. The molecule has 0 bridgehead atoms. The number of hydrogen-bond donors (Lipinski definition) is 2. The second-order valence-electron chi connectivity index (χ2n) is 5.91. The van der Waals surface area contributed by atoms with Crippen molar-refractivity contribution in [1.82, 2.24) is 15.0 Å². The molecule has 2 aromatic heterocycles. The van der Waals surface area contributed by atoms with E-state index in [1.165, 1.54) is 6.33 Å². The van der Waals surface area contributed by atoms with E-state index < -0.39 is 10.0 Å². The first-order chi connectivity index (χ1) is 13.0. The molecule has 2 heterocycles. The lowest BCUT2D eigenvalue weighted by Crippen LogP contribution is -2.09. The molecule has 0 saturated heterocycles. The van der Waals surface area contributed by atoms with Gasteiger partial charge in [-0.25, -0.2) is 23.4 Å². The molecule has 0 aliphatic rings. The van der Waals surface area contributed by atoms with E-state index in [0.29, 0.717) is 23.1 Å². The molecule has 4 rings (SSSR count). The number of oxazole rings is 1. The molecule has 27 heavy (non-hydrogen) atoms. The molecular formula is C18H15N5O3S. The maximum absolute atomic E-state index is 11.4. The van der Waals surface area contributed by atoms with Crippen LogP contribution in [0.2, 0.25) is 0 Å². The van der Waals surface area contributed by atoms with Crippen molar-refractivity contribution >= 4 is 38.3 Å². The van der Waals surface area contributed by atoms with Crippen LogP contribution in [-0.4, -0.2) is 29.6 Å². The average molecular weight is 381 g/mol. The highest BCUT2D eigenvalue weighted by molar-refractivity contribution is 7.92. The van der Waals surface area contributed by atoms with Crippen LogP contribution in [-0.2, 0) is 10.0 Å². The third kappa shape index (κ3) is 4.04. The summed E-state index contributed by atoms with van der Waals surface area (Å²) in [5.74, 6) is 0.587. The van der Waals surface area contributed by atoms with E-state index in [2.05, 4.69) is 25.0 Å². The van der Waals surface area contributed by atoms with Crippen LogP contribution in [0.25, 0.3) is 22.2 Å². The summed E-state index contributed by atoms with van der Waals surface area (Å²) in [6.45, 7) is 0. The maximum atomic E-state index is 11.4. The Morgan fingerprint density at radius 2 is 1.85 bits per heavy atom. The Hall–Kier alpha value is -3.46. The van der Waals surface area contributed by atoms with Gasteiger partial charge < -0.3 is 9.73 Å². The first-order valence-corrected chi connectivity index (χ1v) is 9.86. The van der Waals surface area contributed by atoms with Gasteiger partial charge in [-0.05, 0) is 24.3 Å². The van der Waals surface area contributed by atoms with Gasteiger partial charge in [0.15, 0.2) is 5.76 Å². The number of sulfonamides is 1. The standard InChI is InChI=1S/C18H15N5O3S/c1-27(24,25)23-15-4-2-3-14(8-15)22-18-20-10-17(26-18)12-5-6-13-9-19-11-21-16(13)7-12/h2-11,23H,1H3,(H,20,22). The first kappa shape index (κ1) is 17.0. The van der Waals surface area contributed by atoms with E-state index in [9.17, 15) is 8.42 Å². The van der Waals surface area contributed by atoms with Gasteiger partial charge in [0.1, 0.15) is 6.33 Å². The Morgan fingerprint density at radius 1 is 1.00 bits per heavy atom. The van der Waals surface area contributed by atoms with Crippen molar-refractivity contribution in [2.75, 3.05) is 16.3 Å². The highest BCUT2D eigenvalue weighted by Gasteiger charge is 2.09. The van der Waals surface area contributed by atoms with Crippen molar-refractivity contribution in [3.05, 3.63) is 61.2 Å². The van der Waals surface area contributed by atoms with Crippen LogP contribution < -0.4 is 10.0 Å². The van der Waals surface area contributed by atoms with Crippen LogP contribution in [0.15, 0.2) is 65.6 Å². The molecule has 0 amide bonds. The Labute approximate surface area is 155 Å². The minimum Gasteiger partial charge on any atom is -0.423 e. The molecule has 0 spiro atoms. The van der Waals surface area contributed by atoms with Crippen LogP contribution in [0.1, 0.15) is 0 Å². The van der Waals surface area contributed by atoms with E-state index in [-0.39, 0.29) is 0 Å². The van der Waals surface area contributed by atoms with Gasteiger partial charge in [-0.1, -0.05) is 18.2 Å². The van der Waals surface area contributed by atoms with Gasteiger partial charge >= 0.3 is 0 Å². The Bertz CT molecular complexity index is 1220. The minimum atomic E-state index is -3.34. The van der Waals surface area contributed by atoms with E-state index in [1.54, 1.807) is 36.7 Å². The van der Waals surface area contributed by atoms with Crippen molar-refractivity contribution in [1.29, 1.82) is 0 Å². The molecule has 4 aromatic rings. The molecule has 0 radical (unpaired) electrons. The predicted octanol–water partition coefficient (Wildman–Crippen LogP) is 3.40. The van der Waals surface area contributed by atoms with Gasteiger partial charge in [-0.15, -0.1) is 0 Å². The number of anilines is 3. The summed E-state index contributed by atoms with van der Waals surface area (Å²) in [7, 11) is -3.34. The Morgan fingerprint density at radius 3 is 2.70 bits per heavy atom. The summed E-state index contributed by atoms with van der Waals surface area (Å²) in [5.41, 5.74) is 2.74. The van der Waals surface area contributed by atoms with Gasteiger partial charge in [-0.2, -0.15) is 0 Å². The third-order valence-electron chi connectivity index (χ3n) is 3.71. The van der Waals surface area contributed by atoms with Crippen molar-refractivity contribution in [3.8, 4) is 11.3 Å². The molecule has 136 valence electrons. The quantitative estimate of drug-likeness (QED) is 0.545. The summed E-state index contributed by atoms with van der Waals surface area (Å²) in [6.07, 6.45) is 5.96. The molecule has 2 aromatic carbocycles. The average Bonchev–Trinajstić information content (AvgIpc) is 3.08. The summed E-state index contributed by atoms with van der Waals surface area (Å²) >= 11 is 0. The molecule has 2 N–H and O–H groups in total. The van der Waals surface area contributed by atoms with Crippen LogP contribution >= 0.6 is 0 Å². The molecule has 8 nitrogen and oxygen atoms in total. The van der Waals surface area contributed by atoms with Gasteiger partial charge in [-0.3, -0.25) is 4.72 Å². The summed E-state index contributed by atoms with van der Waals surface area (Å²) in [5, 5.41) is 3.96. The van der Waals surface area contributed by atoms with Crippen LogP contribution in [0.5, 0.6) is 0 Å². The van der Waals surface area contributed by atoms with Crippen molar-refractivity contribution in [2.24, 2.45) is 0 Å². The Kier molecular flexibility index (Phi) is 4.21. The van der Waals surface area contributed by atoms with E-state index in [1.807, 2.05) is 18.2 Å². The summed E-state index contributed by atoms with van der Waals surface area (Å²) in [6, 6.07) is 12.8. The molecule has 0 fully saturated rings. The second-order valence-corrected chi connectivity index (χ2v) is 7.65. The number of nitrogens with zero attached hydrogens (tertiary/aromatic N) is 3. The van der Waals surface area contributed by atoms with Crippen LogP contribution in [0.3, 0.4) is 0 Å². The lowest BCUT2D eigenvalue weighted by molar-refractivity contribution is 0.592. The summed E-state index contributed by atoms with van der Waals surface area (Å²) in [4.78, 5) is 12.5. The van der Waals surface area contributed by atoms with E-state index in [0.717, 1.165) is 22.7 Å². The minimum absolute atomic E-state index is 0.296. The lowest BCUT2D eigenvalue weighted by atomic mass is 10.1.